The monoisotopic (exact) mass is 416 g/mol. The molecule has 0 saturated heterocycles. The van der Waals surface area contributed by atoms with Crippen LogP contribution in [-0.4, -0.2) is 38.3 Å². The van der Waals surface area contributed by atoms with Crippen molar-refractivity contribution in [2.24, 2.45) is 11.8 Å². The second kappa shape index (κ2) is 9.17. The highest BCUT2D eigenvalue weighted by atomic mass is 35.5. The number of anilines is 2. The van der Waals surface area contributed by atoms with Gasteiger partial charge in [-0.15, -0.1) is 0 Å². The third-order valence-corrected chi connectivity index (χ3v) is 5.93. The summed E-state index contributed by atoms with van der Waals surface area (Å²) in [6.45, 7) is 1.74. The van der Waals surface area contributed by atoms with Gasteiger partial charge in [-0.3, -0.25) is 10.2 Å². The molecular formula is C20H25ClN6O2. The molecule has 154 valence electrons. The first-order chi connectivity index (χ1) is 13.9. The highest BCUT2D eigenvalue weighted by Gasteiger charge is 2.35. The Kier molecular flexibility index (Phi) is 6.64. The van der Waals surface area contributed by atoms with Crippen molar-refractivity contribution in [1.29, 1.82) is 5.41 Å². The summed E-state index contributed by atoms with van der Waals surface area (Å²) in [4.78, 5) is 21.3. The number of pyridine rings is 1. The Balaban J connectivity index is 0.000000755. The van der Waals surface area contributed by atoms with E-state index in [0.29, 0.717) is 22.5 Å². The minimum absolute atomic E-state index is 0.130. The van der Waals surface area contributed by atoms with Crippen LogP contribution in [0.4, 0.5) is 11.6 Å². The Morgan fingerprint density at radius 2 is 2.00 bits per heavy atom. The van der Waals surface area contributed by atoms with Gasteiger partial charge in [-0.1, -0.05) is 24.4 Å². The van der Waals surface area contributed by atoms with Gasteiger partial charge in [-0.2, -0.15) is 0 Å². The lowest BCUT2D eigenvalue weighted by Gasteiger charge is -2.43. The van der Waals surface area contributed by atoms with E-state index in [0.717, 1.165) is 23.2 Å². The van der Waals surface area contributed by atoms with Crippen molar-refractivity contribution in [3.8, 4) is 0 Å². The fourth-order valence-electron chi connectivity index (χ4n) is 4.21. The SMILES string of the molecule is Cc1cnc(C(=N)c2cc(Cl)cnc2N)nc1N[C@H]1CC2CCC1CC2.O=CO. The smallest absolute Gasteiger partial charge is 0.290 e. The molecule has 2 aromatic rings. The van der Waals surface area contributed by atoms with Gasteiger partial charge in [-0.05, 0) is 44.1 Å². The van der Waals surface area contributed by atoms with Crippen molar-refractivity contribution >= 4 is 35.4 Å². The van der Waals surface area contributed by atoms with Crippen molar-refractivity contribution in [1.82, 2.24) is 15.0 Å². The first-order valence-corrected chi connectivity index (χ1v) is 9.99. The molecule has 0 radical (unpaired) electrons. The third-order valence-electron chi connectivity index (χ3n) is 5.72. The molecule has 0 spiro atoms. The Hall–Kier alpha value is -2.74. The van der Waals surface area contributed by atoms with Crippen LogP contribution in [0.15, 0.2) is 18.5 Å². The van der Waals surface area contributed by atoms with Gasteiger partial charge < -0.3 is 16.2 Å². The second-order valence-electron chi connectivity index (χ2n) is 7.56. The average Bonchev–Trinajstić information content (AvgIpc) is 2.72. The lowest BCUT2D eigenvalue weighted by atomic mass is 9.68. The molecule has 8 nitrogen and oxygen atoms in total. The topological polar surface area (TPSA) is 138 Å². The average molecular weight is 417 g/mol. The summed E-state index contributed by atoms with van der Waals surface area (Å²) in [7, 11) is 0. The number of carbonyl (C=O) groups is 1. The van der Waals surface area contributed by atoms with Gasteiger partial charge in [0.05, 0.1) is 5.02 Å². The normalized spacial score (nSPS) is 22.3. The van der Waals surface area contributed by atoms with E-state index in [-0.39, 0.29) is 18.0 Å². The molecule has 0 aliphatic heterocycles. The van der Waals surface area contributed by atoms with Crippen LogP contribution in [0.3, 0.4) is 0 Å². The number of hydrogen-bond acceptors (Lipinski definition) is 7. The molecule has 0 unspecified atom stereocenters. The van der Waals surface area contributed by atoms with Gasteiger partial charge in [-0.25, -0.2) is 15.0 Å². The highest BCUT2D eigenvalue weighted by Crippen LogP contribution is 2.42. The van der Waals surface area contributed by atoms with Gasteiger partial charge in [0.25, 0.3) is 6.47 Å². The zero-order valence-corrected chi connectivity index (χ0v) is 17.0. The van der Waals surface area contributed by atoms with Gasteiger partial charge in [0.1, 0.15) is 17.3 Å². The molecule has 3 aliphatic rings. The summed E-state index contributed by atoms with van der Waals surface area (Å²) in [5, 5.41) is 19.4. The number of nitrogens with two attached hydrogens (primary N) is 1. The fourth-order valence-corrected chi connectivity index (χ4v) is 4.37. The Bertz CT molecular complexity index is 899. The molecule has 0 aromatic carbocycles. The molecular weight excluding hydrogens is 392 g/mol. The number of hydrogen-bond donors (Lipinski definition) is 4. The molecule has 1 atom stereocenters. The number of halogens is 1. The number of nitrogens with one attached hydrogen (secondary N) is 2. The summed E-state index contributed by atoms with van der Waals surface area (Å²) in [5.41, 5.74) is 7.47. The van der Waals surface area contributed by atoms with E-state index < -0.39 is 0 Å². The summed E-state index contributed by atoms with van der Waals surface area (Å²) >= 11 is 6.00. The predicted molar refractivity (Wildman–Crippen MR) is 113 cm³/mol. The van der Waals surface area contributed by atoms with Crippen molar-refractivity contribution < 1.29 is 9.90 Å². The quantitative estimate of drug-likeness (QED) is 0.441. The van der Waals surface area contributed by atoms with Gasteiger partial charge in [0, 0.05) is 29.6 Å². The zero-order valence-electron chi connectivity index (χ0n) is 16.2. The minimum atomic E-state index is -0.250. The Morgan fingerprint density at radius 3 is 2.62 bits per heavy atom. The number of rotatable bonds is 4. The van der Waals surface area contributed by atoms with Crippen LogP contribution in [0.5, 0.6) is 0 Å². The predicted octanol–water partition coefficient (Wildman–Crippen LogP) is 3.52. The molecule has 29 heavy (non-hydrogen) atoms. The standard InChI is InChI=1S/C19H23ClN6.CH2O2/c1-10-8-24-19(16(21)14-7-13(20)9-23-17(14)22)26-18(10)25-15-6-11-2-4-12(15)5-3-11;2-1-3/h7-9,11-12,15,21H,2-6H2,1H3,(H2,22,23)(H,24,25,26);1H,(H,2,3)/t11?,12?,15-;/m0./s1. The first-order valence-electron chi connectivity index (χ1n) is 9.61. The lowest BCUT2D eigenvalue weighted by Crippen LogP contribution is -2.40. The molecule has 3 aliphatic carbocycles. The molecule has 3 fully saturated rings. The zero-order chi connectivity index (χ0) is 21.0. The van der Waals surface area contributed by atoms with Crippen LogP contribution in [-0.2, 0) is 4.79 Å². The summed E-state index contributed by atoms with van der Waals surface area (Å²) in [6.07, 6.45) is 9.78. The van der Waals surface area contributed by atoms with E-state index in [1.165, 1.54) is 38.3 Å². The number of aryl methyl sites for hydroxylation is 1. The first kappa shape index (κ1) is 21.0. The molecule has 3 saturated carbocycles. The van der Waals surface area contributed by atoms with E-state index in [1.807, 2.05) is 6.92 Å². The van der Waals surface area contributed by atoms with Crippen molar-refractivity contribution in [2.75, 3.05) is 11.1 Å². The molecule has 2 bridgehead atoms. The number of nitrogens with zero attached hydrogens (tertiary/aromatic N) is 3. The minimum Gasteiger partial charge on any atom is -0.483 e. The van der Waals surface area contributed by atoms with Gasteiger partial charge in [0.2, 0.25) is 0 Å². The highest BCUT2D eigenvalue weighted by molar-refractivity contribution is 6.31. The third kappa shape index (κ3) is 4.82. The van der Waals surface area contributed by atoms with E-state index in [4.69, 9.17) is 32.6 Å². The summed E-state index contributed by atoms with van der Waals surface area (Å²) < 4.78 is 0. The molecule has 2 aromatic heterocycles. The maximum atomic E-state index is 8.45. The number of nitrogen functional groups attached to an aromatic ring is 1. The maximum absolute atomic E-state index is 8.45. The maximum Gasteiger partial charge on any atom is 0.290 e. The van der Waals surface area contributed by atoms with Crippen LogP contribution >= 0.6 is 11.6 Å². The van der Waals surface area contributed by atoms with Crippen LogP contribution in [0.2, 0.25) is 5.02 Å². The van der Waals surface area contributed by atoms with Crippen molar-refractivity contribution in [2.45, 2.75) is 45.1 Å². The van der Waals surface area contributed by atoms with Gasteiger partial charge in [0.15, 0.2) is 5.82 Å². The summed E-state index contributed by atoms with van der Waals surface area (Å²) in [5.74, 6) is 2.96. The molecule has 5 N–H and O–H groups in total. The summed E-state index contributed by atoms with van der Waals surface area (Å²) in [6, 6.07) is 2.10. The van der Waals surface area contributed by atoms with E-state index in [2.05, 4.69) is 20.3 Å². The fraction of sp³-hybridized carbons (Fsp3) is 0.450. The largest absolute Gasteiger partial charge is 0.483 e. The second-order valence-corrected chi connectivity index (χ2v) is 8.00. The molecule has 9 heteroatoms. The van der Waals surface area contributed by atoms with E-state index in [1.54, 1.807) is 12.3 Å². The van der Waals surface area contributed by atoms with E-state index in [9.17, 15) is 0 Å². The number of carboxylic acid groups (broad SMARTS) is 1. The number of fused-ring (bicyclic) bond motifs is 3. The molecule has 2 heterocycles. The lowest BCUT2D eigenvalue weighted by molar-refractivity contribution is -0.122. The van der Waals surface area contributed by atoms with Crippen LogP contribution in [0.1, 0.15) is 49.1 Å². The van der Waals surface area contributed by atoms with Crippen molar-refractivity contribution in [3.05, 3.63) is 40.4 Å². The Labute approximate surface area is 174 Å². The van der Waals surface area contributed by atoms with Crippen LogP contribution < -0.4 is 11.1 Å². The molecule has 5 rings (SSSR count). The van der Waals surface area contributed by atoms with Crippen molar-refractivity contribution in [3.63, 3.8) is 0 Å². The molecule has 0 amide bonds. The van der Waals surface area contributed by atoms with Crippen LogP contribution in [0.25, 0.3) is 0 Å². The Morgan fingerprint density at radius 1 is 1.31 bits per heavy atom. The van der Waals surface area contributed by atoms with Crippen LogP contribution in [0, 0.1) is 24.2 Å². The van der Waals surface area contributed by atoms with Gasteiger partial charge >= 0.3 is 0 Å². The van der Waals surface area contributed by atoms with E-state index >= 15 is 0 Å². The number of aromatic nitrogens is 3.